The van der Waals surface area contributed by atoms with E-state index in [1.807, 2.05) is 0 Å². The predicted octanol–water partition coefficient (Wildman–Crippen LogP) is 1.69. The van der Waals surface area contributed by atoms with E-state index < -0.39 is 0 Å². The Kier molecular flexibility index (Phi) is 2.95. The maximum Gasteiger partial charge on any atom is 0.254 e. The summed E-state index contributed by atoms with van der Waals surface area (Å²) in [5.74, 6) is 0.391. The minimum Gasteiger partial charge on any atom is -0.345 e. The summed E-state index contributed by atoms with van der Waals surface area (Å²) < 4.78 is 0. The number of hydrogen-bond acceptors (Lipinski definition) is 2. The van der Waals surface area contributed by atoms with Gasteiger partial charge >= 0.3 is 0 Å². The van der Waals surface area contributed by atoms with Crippen molar-refractivity contribution < 1.29 is 4.79 Å². The smallest absolute Gasteiger partial charge is 0.254 e. The van der Waals surface area contributed by atoms with Crippen LogP contribution in [0.1, 0.15) is 36.0 Å². The van der Waals surface area contributed by atoms with Crippen LogP contribution in [0.15, 0.2) is 12.4 Å². The molecule has 1 aliphatic rings. The average Bonchev–Trinajstić information content (AvgIpc) is 2.88. The maximum absolute atomic E-state index is 11.8. The van der Waals surface area contributed by atoms with Crippen LogP contribution in [0.2, 0.25) is 0 Å². The molecule has 0 aliphatic heterocycles. The monoisotopic (exact) mass is 227 g/mol. The summed E-state index contributed by atoms with van der Waals surface area (Å²) in [6.07, 6.45) is 7.33. The van der Waals surface area contributed by atoms with Crippen molar-refractivity contribution in [2.75, 3.05) is 5.88 Å². The summed E-state index contributed by atoms with van der Waals surface area (Å²) in [5, 5.41) is 9.38. The number of carbonyl (C=O) groups is 1. The van der Waals surface area contributed by atoms with Crippen LogP contribution < -0.4 is 5.32 Å². The van der Waals surface area contributed by atoms with E-state index >= 15 is 0 Å². The number of alkyl halides is 1. The second-order valence-corrected chi connectivity index (χ2v) is 4.33. The van der Waals surface area contributed by atoms with E-state index in [-0.39, 0.29) is 11.4 Å². The molecule has 1 aromatic rings. The Labute approximate surface area is 93.4 Å². The first-order valence-electron chi connectivity index (χ1n) is 5.13. The van der Waals surface area contributed by atoms with Crippen LogP contribution in [0.3, 0.4) is 0 Å². The lowest BCUT2D eigenvalue weighted by Gasteiger charge is -2.27. The summed E-state index contributed by atoms with van der Waals surface area (Å²) >= 11 is 5.93. The number of aromatic amines is 1. The number of nitrogens with zero attached hydrogens (tertiary/aromatic N) is 1. The van der Waals surface area contributed by atoms with Crippen molar-refractivity contribution in [3.05, 3.63) is 18.0 Å². The topological polar surface area (TPSA) is 57.8 Å². The Morgan fingerprint density at radius 1 is 1.60 bits per heavy atom. The molecule has 82 valence electrons. The second-order valence-electron chi connectivity index (χ2n) is 4.06. The lowest BCUT2D eigenvalue weighted by Crippen LogP contribution is -2.47. The van der Waals surface area contributed by atoms with Gasteiger partial charge in [0.05, 0.1) is 17.3 Å². The molecular formula is C10H14ClN3O. The maximum atomic E-state index is 11.8. The minimum atomic E-state index is -0.199. The highest BCUT2D eigenvalue weighted by molar-refractivity contribution is 6.19. The molecular weight excluding hydrogens is 214 g/mol. The first-order valence-corrected chi connectivity index (χ1v) is 5.66. The zero-order chi connectivity index (χ0) is 10.7. The van der Waals surface area contributed by atoms with Gasteiger partial charge in [-0.3, -0.25) is 9.89 Å². The van der Waals surface area contributed by atoms with E-state index in [2.05, 4.69) is 15.5 Å². The minimum absolute atomic E-state index is 0.0914. The number of H-pyrrole nitrogens is 1. The van der Waals surface area contributed by atoms with Gasteiger partial charge in [0, 0.05) is 12.1 Å². The molecule has 0 unspecified atom stereocenters. The zero-order valence-corrected chi connectivity index (χ0v) is 9.18. The Morgan fingerprint density at radius 3 is 2.87 bits per heavy atom. The van der Waals surface area contributed by atoms with Crippen molar-refractivity contribution in [3.8, 4) is 0 Å². The van der Waals surface area contributed by atoms with Gasteiger partial charge in [0.2, 0.25) is 0 Å². The summed E-state index contributed by atoms with van der Waals surface area (Å²) in [6, 6.07) is 0. The van der Waals surface area contributed by atoms with Crippen molar-refractivity contribution in [2.45, 2.75) is 31.2 Å². The molecule has 0 spiro atoms. The van der Waals surface area contributed by atoms with Gasteiger partial charge in [-0.25, -0.2) is 0 Å². The zero-order valence-electron chi connectivity index (χ0n) is 8.42. The average molecular weight is 228 g/mol. The van der Waals surface area contributed by atoms with E-state index in [0.29, 0.717) is 11.4 Å². The highest BCUT2D eigenvalue weighted by Gasteiger charge is 2.34. The van der Waals surface area contributed by atoms with Gasteiger partial charge in [0.1, 0.15) is 0 Å². The number of carbonyl (C=O) groups excluding carboxylic acids is 1. The van der Waals surface area contributed by atoms with Gasteiger partial charge in [0.15, 0.2) is 0 Å². The van der Waals surface area contributed by atoms with Gasteiger partial charge in [-0.15, -0.1) is 11.6 Å². The lowest BCUT2D eigenvalue weighted by molar-refractivity contribution is 0.0909. The fraction of sp³-hybridized carbons (Fsp3) is 0.600. The molecule has 1 fully saturated rings. The fourth-order valence-corrected chi connectivity index (χ4v) is 2.37. The molecule has 0 radical (unpaired) electrons. The van der Waals surface area contributed by atoms with Gasteiger partial charge < -0.3 is 5.32 Å². The standard InChI is InChI=1S/C10H14ClN3O/c11-7-10(3-1-2-4-10)14-9(15)8-5-12-13-6-8/h5-6H,1-4,7H2,(H,12,13)(H,14,15). The molecule has 1 amide bonds. The first kappa shape index (κ1) is 10.5. The molecule has 1 heterocycles. The van der Waals surface area contributed by atoms with Crippen molar-refractivity contribution in [1.29, 1.82) is 0 Å². The molecule has 0 bridgehead atoms. The molecule has 0 atom stereocenters. The Hall–Kier alpha value is -1.03. The largest absolute Gasteiger partial charge is 0.345 e. The normalized spacial score (nSPS) is 19.0. The first-order chi connectivity index (χ1) is 7.26. The number of hydrogen-bond donors (Lipinski definition) is 2. The molecule has 2 rings (SSSR count). The van der Waals surface area contributed by atoms with Gasteiger partial charge in [0.25, 0.3) is 5.91 Å². The highest BCUT2D eigenvalue weighted by atomic mass is 35.5. The Bertz CT molecular complexity index is 330. The third-order valence-corrected chi connectivity index (χ3v) is 3.47. The third-order valence-electron chi connectivity index (χ3n) is 2.96. The van der Waals surface area contributed by atoms with E-state index in [1.165, 1.54) is 6.20 Å². The van der Waals surface area contributed by atoms with E-state index in [9.17, 15) is 4.79 Å². The molecule has 2 N–H and O–H groups in total. The summed E-state index contributed by atoms with van der Waals surface area (Å²) in [4.78, 5) is 11.8. The lowest BCUT2D eigenvalue weighted by atomic mass is 10.00. The van der Waals surface area contributed by atoms with E-state index in [1.54, 1.807) is 6.20 Å². The molecule has 15 heavy (non-hydrogen) atoms. The van der Waals surface area contributed by atoms with Crippen LogP contribution in [0.5, 0.6) is 0 Å². The fourth-order valence-electron chi connectivity index (χ4n) is 2.03. The van der Waals surface area contributed by atoms with Crippen molar-refractivity contribution in [3.63, 3.8) is 0 Å². The van der Waals surface area contributed by atoms with Crippen molar-refractivity contribution in [2.24, 2.45) is 0 Å². The molecule has 4 nitrogen and oxygen atoms in total. The molecule has 1 aliphatic carbocycles. The predicted molar refractivity (Wildman–Crippen MR) is 58.0 cm³/mol. The van der Waals surface area contributed by atoms with Crippen LogP contribution >= 0.6 is 11.6 Å². The summed E-state index contributed by atoms with van der Waals surface area (Å²) in [5.41, 5.74) is 0.363. The quantitative estimate of drug-likeness (QED) is 0.773. The molecule has 0 saturated heterocycles. The SMILES string of the molecule is O=C(NC1(CCl)CCCC1)c1cn[nH]c1. The highest BCUT2D eigenvalue weighted by Crippen LogP contribution is 2.30. The molecule has 0 aromatic carbocycles. The number of aromatic nitrogens is 2. The van der Waals surface area contributed by atoms with Crippen LogP contribution in [0.4, 0.5) is 0 Å². The van der Waals surface area contributed by atoms with Crippen LogP contribution in [0.25, 0.3) is 0 Å². The Balaban J connectivity index is 2.04. The van der Waals surface area contributed by atoms with E-state index in [0.717, 1.165) is 25.7 Å². The Morgan fingerprint density at radius 2 is 2.33 bits per heavy atom. The molecule has 1 saturated carbocycles. The summed E-state index contributed by atoms with van der Waals surface area (Å²) in [6.45, 7) is 0. The van der Waals surface area contributed by atoms with Crippen LogP contribution in [-0.4, -0.2) is 27.5 Å². The number of nitrogens with one attached hydrogen (secondary N) is 2. The van der Waals surface area contributed by atoms with Gasteiger partial charge in [-0.1, -0.05) is 12.8 Å². The molecule has 5 heteroatoms. The number of rotatable bonds is 3. The number of halogens is 1. The van der Waals surface area contributed by atoms with Gasteiger partial charge in [-0.2, -0.15) is 5.10 Å². The number of amides is 1. The molecule has 1 aromatic heterocycles. The second kappa shape index (κ2) is 4.23. The van der Waals surface area contributed by atoms with Crippen molar-refractivity contribution in [1.82, 2.24) is 15.5 Å². The summed E-state index contributed by atoms with van der Waals surface area (Å²) in [7, 11) is 0. The van der Waals surface area contributed by atoms with E-state index in [4.69, 9.17) is 11.6 Å². The van der Waals surface area contributed by atoms with Crippen molar-refractivity contribution >= 4 is 17.5 Å². The van der Waals surface area contributed by atoms with Crippen LogP contribution in [-0.2, 0) is 0 Å². The third kappa shape index (κ3) is 2.15. The van der Waals surface area contributed by atoms with Crippen LogP contribution in [0, 0.1) is 0 Å². The van der Waals surface area contributed by atoms with Gasteiger partial charge in [-0.05, 0) is 12.8 Å².